The van der Waals surface area contributed by atoms with E-state index in [1.165, 1.54) is 34.4 Å². The summed E-state index contributed by atoms with van der Waals surface area (Å²) >= 11 is 2.70. The van der Waals surface area contributed by atoms with E-state index in [1.807, 2.05) is 69.1 Å². The van der Waals surface area contributed by atoms with Gasteiger partial charge in [0.25, 0.3) is 5.56 Å². The van der Waals surface area contributed by atoms with Crippen molar-refractivity contribution in [3.63, 3.8) is 0 Å². The average molecular weight is 567 g/mol. The molecular formula is C26H30N8O3S2. The third-order valence-electron chi connectivity index (χ3n) is 5.72. The summed E-state index contributed by atoms with van der Waals surface area (Å²) < 4.78 is 7.01. The molecule has 0 N–H and O–H groups in total. The average Bonchev–Trinajstić information content (AvgIpc) is 3.48. The van der Waals surface area contributed by atoms with Crippen molar-refractivity contribution in [3.05, 3.63) is 46.1 Å². The molecule has 5 rings (SSSR count). The number of ether oxygens (including phenoxy) is 1. The van der Waals surface area contributed by atoms with Crippen LogP contribution in [-0.4, -0.2) is 86.1 Å². The molecule has 0 aliphatic heterocycles. The highest BCUT2D eigenvalue weighted by Crippen LogP contribution is 2.42. The third-order valence-corrected chi connectivity index (χ3v) is 7.86. The van der Waals surface area contributed by atoms with Crippen LogP contribution in [0.15, 0.2) is 40.6 Å². The van der Waals surface area contributed by atoms with E-state index in [2.05, 4.69) is 19.9 Å². The lowest BCUT2D eigenvalue weighted by Crippen LogP contribution is -2.15. The molecule has 0 amide bonds. The normalized spacial score (nSPS) is 11.2. The number of hydrogen-bond donors (Lipinski definition) is 0. The number of methoxy groups -OCH3 is 1. The number of aromatic nitrogens is 4. The molecule has 39 heavy (non-hydrogen) atoms. The lowest BCUT2D eigenvalue weighted by atomic mass is 10.2. The number of aliphatic imine (C=N–C) groups is 1. The fourth-order valence-corrected chi connectivity index (χ4v) is 6.00. The number of carbonyl (C=O) groups is 1. The first-order valence-corrected chi connectivity index (χ1v) is 13.5. The van der Waals surface area contributed by atoms with Crippen molar-refractivity contribution in [1.29, 1.82) is 0 Å². The SMILES string of the molecule is CN(C)c1ccnc2sc3c(=O)n(C)cnc3c12.COC(=O)c1sc2nccc(N(C)C)c2c1N=CN(C)C. The fourth-order valence-electron chi connectivity index (χ4n) is 3.88. The van der Waals surface area contributed by atoms with Crippen LogP contribution < -0.4 is 15.4 Å². The number of nitrogens with zero attached hydrogens (tertiary/aromatic N) is 8. The summed E-state index contributed by atoms with van der Waals surface area (Å²) in [5.74, 6) is -0.395. The largest absolute Gasteiger partial charge is 0.465 e. The Labute approximate surface area is 233 Å². The zero-order chi connectivity index (χ0) is 28.4. The fraction of sp³-hybridized carbons (Fsp3) is 0.308. The topological polar surface area (TPSA) is 109 Å². The van der Waals surface area contributed by atoms with Crippen molar-refractivity contribution >= 4 is 82.7 Å². The molecule has 5 aromatic rings. The summed E-state index contributed by atoms with van der Waals surface area (Å²) in [7, 11) is 14.7. The van der Waals surface area contributed by atoms with E-state index in [0.29, 0.717) is 15.3 Å². The van der Waals surface area contributed by atoms with Gasteiger partial charge in [0, 0.05) is 61.7 Å². The molecule has 13 heteroatoms. The van der Waals surface area contributed by atoms with Gasteiger partial charge in [-0.1, -0.05) is 0 Å². The van der Waals surface area contributed by atoms with E-state index in [0.717, 1.165) is 37.3 Å². The van der Waals surface area contributed by atoms with Gasteiger partial charge in [-0.3, -0.25) is 4.79 Å². The van der Waals surface area contributed by atoms with Crippen LogP contribution in [0.1, 0.15) is 9.67 Å². The maximum absolute atomic E-state index is 12.1. The van der Waals surface area contributed by atoms with Gasteiger partial charge in [-0.05, 0) is 12.1 Å². The van der Waals surface area contributed by atoms with Crippen molar-refractivity contribution in [2.75, 3.05) is 59.2 Å². The van der Waals surface area contributed by atoms with Crippen LogP contribution in [0, 0.1) is 0 Å². The monoisotopic (exact) mass is 566 g/mol. The molecule has 0 radical (unpaired) electrons. The Morgan fingerprint density at radius 1 is 0.949 bits per heavy atom. The molecule has 204 valence electrons. The molecule has 0 bridgehead atoms. The first-order valence-electron chi connectivity index (χ1n) is 11.8. The maximum atomic E-state index is 12.1. The minimum Gasteiger partial charge on any atom is -0.465 e. The predicted molar refractivity (Wildman–Crippen MR) is 162 cm³/mol. The number of carbonyl (C=O) groups excluding carboxylic acids is 1. The van der Waals surface area contributed by atoms with Crippen molar-refractivity contribution < 1.29 is 9.53 Å². The quantitative estimate of drug-likeness (QED) is 0.177. The number of aryl methyl sites for hydroxylation is 1. The van der Waals surface area contributed by atoms with Gasteiger partial charge in [0.15, 0.2) is 0 Å². The van der Waals surface area contributed by atoms with E-state index in [4.69, 9.17) is 4.74 Å². The molecule has 0 aliphatic carbocycles. The van der Waals surface area contributed by atoms with Crippen molar-refractivity contribution in [3.8, 4) is 0 Å². The number of hydrogen-bond acceptors (Lipinski definition) is 11. The van der Waals surface area contributed by atoms with Crippen LogP contribution in [0.25, 0.3) is 30.6 Å². The molecule has 0 saturated heterocycles. The van der Waals surface area contributed by atoms with Gasteiger partial charge in [-0.15, -0.1) is 22.7 Å². The Bertz CT molecular complexity index is 1750. The molecule has 11 nitrogen and oxygen atoms in total. The van der Waals surface area contributed by atoms with Crippen LogP contribution in [0.3, 0.4) is 0 Å². The number of rotatable bonds is 5. The number of esters is 1. The molecular weight excluding hydrogens is 536 g/mol. The molecule has 0 fully saturated rings. The Morgan fingerprint density at radius 2 is 1.54 bits per heavy atom. The summed E-state index contributed by atoms with van der Waals surface area (Å²) in [4.78, 5) is 49.5. The Hall–Kier alpha value is -4.10. The van der Waals surface area contributed by atoms with Crippen molar-refractivity contribution in [1.82, 2.24) is 24.4 Å². The first kappa shape index (κ1) is 27.9. The summed E-state index contributed by atoms with van der Waals surface area (Å²) in [6, 6.07) is 3.85. The molecule has 0 spiro atoms. The highest BCUT2D eigenvalue weighted by Gasteiger charge is 2.22. The Morgan fingerprint density at radius 3 is 2.10 bits per heavy atom. The number of anilines is 2. The van der Waals surface area contributed by atoms with Gasteiger partial charge in [0.2, 0.25) is 0 Å². The number of pyridine rings is 2. The van der Waals surface area contributed by atoms with E-state index in [-0.39, 0.29) is 5.56 Å². The van der Waals surface area contributed by atoms with Crippen molar-refractivity contribution in [2.45, 2.75) is 0 Å². The zero-order valence-corrected chi connectivity index (χ0v) is 24.7. The van der Waals surface area contributed by atoms with Crippen LogP contribution in [0.2, 0.25) is 0 Å². The Kier molecular flexibility index (Phi) is 8.11. The standard InChI is InChI=1S/C14H18N4O2S.C12H12N4OS/c1-17(2)8-16-11-10-9(18(3)4)6-7-15-13(10)21-12(11)14(19)20-5;1-15(2)7-4-5-13-11-8(7)9-10(18-11)12(17)16(3)6-14-9/h6-8H,1-5H3;4-6H,1-3H3. The maximum Gasteiger partial charge on any atom is 0.350 e. The molecule has 0 atom stereocenters. The second-order valence-electron chi connectivity index (χ2n) is 9.23. The van der Waals surface area contributed by atoms with Crippen LogP contribution in [0.5, 0.6) is 0 Å². The molecule has 5 heterocycles. The van der Waals surface area contributed by atoms with Gasteiger partial charge in [-0.2, -0.15) is 0 Å². The molecule has 0 saturated carbocycles. The summed E-state index contributed by atoms with van der Waals surface area (Å²) in [6.07, 6.45) is 6.72. The smallest absolute Gasteiger partial charge is 0.350 e. The summed E-state index contributed by atoms with van der Waals surface area (Å²) in [6.45, 7) is 0. The lowest BCUT2D eigenvalue weighted by molar-refractivity contribution is 0.0607. The van der Waals surface area contributed by atoms with E-state index in [9.17, 15) is 9.59 Å². The predicted octanol–water partition coefficient (Wildman–Crippen LogP) is 3.98. The van der Waals surface area contributed by atoms with E-state index < -0.39 is 5.97 Å². The van der Waals surface area contributed by atoms with E-state index >= 15 is 0 Å². The third kappa shape index (κ3) is 5.40. The van der Waals surface area contributed by atoms with Gasteiger partial charge >= 0.3 is 5.97 Å². The summed E-state index contributed by atoms with van der Waals surface area (Å²) in [5.41, 5.74) is 3.33. The summed E-state index contributed by atoms with van der Waals surface area (Å²) in [5, 5.41) is 1.83. The lowest BCUT2D eigenvalue weighted by Gasteiger charge is -2.14. The highest BCUT2D eigenvalue weighted by molar-refractivity contribution is 7.25. The second-order valence-corrected chi connectivity index (χ2v) is 11.2. The van der Waals surface area contributed by atoms with E-state index in [1.54, 1.807) is 32.1 Å². The second kappa shape index (κ2) is 11.3. The minimum atomic E-state index is -0.395. The highest BCUT2D eigenvalue weighted by atomic mass is 32.1. The van der Waals surface area contributed by atoms with Crippen molar-refractivity contribution in [2.24, 2.45) is 12.0 Å². The van der Waals surface area contributed by atoms with Gasteiger partial charge in [0.05, 0.1) is 47.4 Å². The van der Waals surface area contributed by atoms with Gasteiger partial charge in [0.1, 0.15) is 24.9 Å². The van der Waals surface area contributed by atoms with Gasteiger partial charge < -0.3 is 24.0 Å². The zero-order valence-electron chi connectivity index (χ0n) is 23.1. The molecule has 0 unspecified atom stereocenters. The number of thiophene rings is 2. The van der Waals surface area contributed by atoms with Crippen LogP contribution in [-0.2, 0) is 11.8 Å². The van der Waals surface area contributed by atoms with Gasteiger partial charge in [-0.25, -0.2) is 24.7 Å². The molecule has 5 aromatic heterocycles. The van der Waals surface area contributed by atoms with Crippen LogP contribution in [0.4, 0.5) is 17.1 Å². The first-order chi connectivity index (χ1) is 18.5. The minimum absolute atomic E-state index is 0.0206. The van der Waals surface area contributed by atoms with Crippen LogP contribution >= 0.6 is 22.7 Å². The Balaban J connectivity index is 0.000000183. The molecule has 0 aromatic carbocycles. The molecule has 0 aliphatic rings. The number of fused-ring (bicyclic) bond motifs is 4.